The SMILES string of the molecule is CCc1nc(C(=O)c2ccccc2)c2cnn(-c3ccccc3)c2n1. The average molecular weight is 328 g/mol. The molecule has 0 saturated heterocycles. The van der Waals surface area contributed by atoms with Crippen LogP contribution in [-0.2, 0) is 6.42 Å². The Bertz CT molecular complexity index is 1040. The maximum Gasteiger partial charge on any atom is 0.212 e. The van der Waals surface area contributed by atoms with Gasteiger partial charge in [0.25, 0.3) is 0 Å². The minimum atomic E-state index is -0.115. The first kappa shape index (κ1) is 15.2. The third-order valence-corrected chi connectivity index (χ3v) is 4.04. The molecule has 0 spiro atoms. The lowest BCUT2D eigenvalue weighted by Crippen LogP contribution is -2.09. The predicted molar refractivity (Wildman–Crippen MR) is 95.9 cm³/mol. The van der Waals surface area contributed by atoms with Crippen molar-refractivity contribution >= 4 is 16.8 Å². The van der Waals surface area contributed by atoms with Gasteiger partial charge in [0, 0.05) is 12.0 Å². The van der Waals surface area contributed by atoms with Crippen LogP contribution < -0.4 is 0 Å². The molecule has 0 bridgehead atoms. The molecule has 5 nitrogen and oxygen atoms in total. The van der Waals surface area contributed by atoms with E-state index in [4.69, 9.17) is 0 Å². The van der Waals surface area contributed by atoms with Crippen LogP contribution in [0.5, 0.6) is 0 Å². The van der Waals surface area contributed by atoms with Gasteiger partial charge in [-0.2, -0.15) is 5.10 Å². The van der Waals surface area contributed by atoms with Crippen LogP contribution >= 0.6 is 0 Å². The molecule has 0 saturated carbocycles. The predicted octanol–water partition coefficient (Wildman–Crippen LogP) is 3.61. The van der Waals surface area contributed by atoms with E-state index in [-0.39, 0.29) is 5.78 Å². The minimum Gasteiger partial charge on any atom is -0.287 e. The van der Waals surface area contributed by atoms with Gasteiger partial charge in [-0.15, -0.1) is 0 Å². The molecule has 122 valence electrons. The molecule has 0 aliphatic rings. The van der Waals surface area contributed by atoms with Crippen LogP contribution in [0.1, 0.15) is 28.8 Å². The van der Waals surface area contributed by atoms with Crippen LogP contribution in [0.25, 0.3) is 16.7 Å². The van der Waals surface area contributed by atoms with E-state index in [1.165, 1.54) is 0 Å². The number of benzene rings is 2. The Morgan fingerprint density at radius 1 is 0.960 bits per heavy atom. The lowest BCUT2D eigenvalue weighted by atomic mass is 10.1. The molecule has 0 aliphatic carbocycles. The molecule has 2 aromatic carbocycles. The van der Waals surface area contributed by atoms with E-state index >= 15 is 0 Å². The maximum atomic E-state index is 12.9. The lowest BCUT2D eigenvalue weighted by Gasteiger charge is -2.06. The van der Waals surface area contributed by atoms with Crippen molar-refractivity contribution in [3.63, 3.8) is 0 Å². The number of nitrogens with zero attached hydrogens (tertiary/aromatic N) is 4. The van der Waals surface area contributed by atoms with Crippen molar-refractivity contribution in [2.45, 2.75) is 13.3 Å². The van der Waals surface area contributed by atoms with Gasteiger partial charge in [0.2, 0.25) is 5.78 Å². The molecule has 2 heterocycles. The highest BCUT2D eigenvalue weighted by molar-refractivity contribution is 6.14. The van der Waals surface area contributed by atoms with Crippen LogP contribution in [0.3, 0.4) is 0 Å². The summed E-state index contributed by atoms with van der Waals surface area (Å²) in [5.74, 6) is 0.514. The Balaban J connectivity index is 1.94. The van der Waals surface area contributed by atoms with Crippen LogP contribution in [0.2, 0.25) is 0 Å². The molecular formula is C20H16N4O. The van der Waals surface area contributed by atoms with Gasteiger partial charge < -0.3 is 0 Å². The Labute approximate surface area is 145 Å². The maximum absolute atomic E-state index is 12.9. The van der Waals surface area contributed by atoms with E-state index in [1.807, 2.05) is 55.5 Å². The Kier molecular flexibility index (Phi) is 3.82. The first-order chi connectivity index (χ1) is 12.3. The van der Waals surface area contributed by atoms with Crippen LogP contribution in [0, 0.1) is 0 Å². The van der Waals surface area contributed by atoms with Crippen LogP contribution in [-0.4, -0.2) is 25.5 Å². The van der Waals surface area contributed by atoms with Crippen molar-refractivity contribution in [1.82, 2.24) is 19.7 Å². The summed E-state index contributed by atoms with van der Waals surface area (Å²) >= 11 is 0. The molecule has 2 aromatic heterocycles. The third kappa shape index (κ3) is 2.70. The fourth-order valence-electron chi connectivity index (χ4n) is 2.77. The second kappa shape index (κ2) is 6.28. The molecule has 5 heteroatoms. The van der Waals surface area contributed by atoms with Gasteiger partial charge in [0.1, 0.15) is 11.5 Å². The number of carbonyl (C=O) groups is 1. The van der Waals surface area contributed by atoms with Gasteiger partial charge in [0.15, 0.2) is 5.65 Å². The van der Waals surface area contributed by atoms with Crippen LogP contribution in [0.15, 0.2) is 66.9 Å². The van der Waals surface area contributed by atoms with Gasteiger partial charge in [-0.3, -0.25) is 4.79 Å². The fourth-order valence-corrected chi connectivity index (χ4v) is 2.77. The Hall–Kier alpha value is -3.34. The summed E-state index contributed by atoms with van der Waals surface area (Å²) < 4.78 is 1.75. The monoisotopic (exact) mass is 328 g/mol. The highest BCUT2D eigenvalue weighted by Gasteiger charge is 2.19. The van der Waals surface area contributed by atoms with Crippen molar-refractivity contribution in [3.05, 3.63) is 83.9 Å². The van der Waals surface area contributed by atoms with E-state index in [9.17, 15) is 4.79 Å². The molecule has 0 N–H and O–H groups in total. The number of aromatic nitrogens is 4. The summed E-state index contributed by atoms with van der Waals surface area (Å²) in [5, 5.41) is 5.10. The van der Waals surface area contributed by atoms with E-state index in [0.29, 0.717) is 34.5 Å². The second-order valence-electron chi connectivity index (χ2n) is 5.67. The highest BCUT2D eigenvalue weighted by Crippen LogP contribution is 2.21. The molecule has 0 amide bonds. The average Bonchev–Trinajstić information content (AvgIpc) is 3.12. The number of hydrogen-bond donors (Lipinski definition) is 0. The molecule has 0 atom stereocenters. The lowest BCUT2D eigenvalue weighted by molar-refractivity contribution is 0.103. The first-order valence-electron chi connectivity index (χ1n) is 8.17. The minimum absolute atomic E-state index is 0.115. The largest absolute Gasteiger partial charge is 0.287 e. The molecule has 0 unspecified atom stereocenters. The molecule has 0 fully saturated rings. The van der Waals surface area contributed by atoms with Crippen molar-refractivity contribution in [1.29, 1.82) is 0 Å². The summed E-state index contributed by atoms with van der Waals surface area (Å²) in [7, 11) is 0. The summed E-state index contributed by atoms with van der Waals surface area (Å²) in [4.78, 5) is 22.0. The van der Waals surface area contributed by atoms with Gasteiger partial charge >= 0.3 is 0 Å². The topological polar surface area (TPSA) is 60.7 Å². The second-order valence-corrected chi connectivity index (χ2v) is 5.67. The number of fused-ring (bicyclic) bond motifs is 1. The van der Waals surface area contributed by atoms with E-state index in [0.717, 1.165) is 5.69 Å². The summed E-state index contributed by atoms with van der Waals surface area (Å²) in [6.07, 6.45) is 2.31. The van der Waals surface area contributed by atoms with Crippen molar-refractivity contribution in [2.24, 2.45) is 0 Å². The van der Waals surface area contributed by atoms with Crippen molar-refractivity contribution < 1.29 is 4.79 Å². The Morgan fingerprint density at radius 2 is 1.64 bits per heavy atom. The first-order valence-corrected chi connectivity index (χ1v) is 8.17. The number of aryl methyl sites for hydroxylation is 1. The summed E-state index contributed by atoms with van der Waals surface area (Å²) in [6, 6.07) is 18.9. The number of ketones is 1. The molecule has 25 heavy (non-hydrogen) atoms. The normalized spacial score (nSPS) is 10.9. The molecule has 0 aliphatic heterocycles. The summed E-state index contributed by atoms with van der Waals surface area (Å²) in [5.41, 5.74) is 2.56. The zero-order valence-electron chi connectivity index (χ0n) is 13.8. The van der Waals surface area contributed by atoms with Crippen LogP contribution in [0.4, 0.5) is 0 Å². The summed E-state index contributed by atoms with van der Waals surface area (Å²) in [6.45, 7) is 1.97. The van der Waals surface area contributed by atoms with Gasteiger partial charge in [-0.05, 0) is 12.1 Å². The molecule has 4 aromatic rings. The number of para-hydroxylation sites is 1. The fraction of sp³-hybridized carbons (Fsp3) is 0.100. The quantitative estimate of drug-likeness (QED) is 0.537. The van der Waals surface area contributed by atoms with Gasteiger partial charge in [-0.1, -0.05) is 55.5 Å². The van der Waals surface area contributed by atoms with Gasteiger partial charge in [-0.25, -0.2) is 14.6 Å². The standard InChI is InChI=1S/C20H16N4O/c1-2-17-22-18(19(25)14-9-5-3-6-10-14)16-13-21-24(20(16)23-17)15-11-7-4-8-12-15/h3-13H,2H2,1H3. The number of rotatable bonds is 4. The van der Waals surface area contributed by atoms with Crippen molar-refractivity contribution in [2.75, 3.05) is 0 Å². The third-order valence-electron chi connectivity index (χ3n) is 4.04. The van der Waals surface area contributed by atoms with E-state index in [2.05, 4.69) is 15.1 Å². The van der Waals surface area contributed by atoms with E-state index < -0.39 is 0 Å². The highest BCUT2D eigenvalue weighted by atomic mass is 16.1. The molecule has 0 radical (unpaired) electrons. The zero-order valence-corrected chi connectivity index (χ0v) is 13.8. The smallest absolute Gasteiger partial charge is 0.212 e. The Morgan fingerprint density at radius 3 is 2.32 bits per heavy atom. The number of carbonyl (C=O) groups excluding carboxylic acids is 1. The van der Waals surface area contributed by atoms with Crippen molar-refractivity contribution in [3.8, 4) is 5.69 Å². The number of hydrogen-bond acceptors (Lipinski definition) is 4. The van der Waals surface area contributed by atoms with E-state index in [1.54, 1.807) is 23.0 Å². The zero-order chi connectivity index (χ0) is 17.2. The molecular weight excluding hydrogens is 312 g/mol. The molecule has 4 rings (SSSR count). The van der Waals surface area contributed by atoms with Gasteiger partial charge in [0.05, 0.1) is 17.3 Å².